The lowest BCUT2D eigenvalue weighted by Crippen LogP contribution is -2.50. The van der Waals surface area contributed by atoms with Crippen LogP contribution in [-0.2, 0) is 4.74 Å². The number of amides is 2. The molecule has 2 amide bonds. The van der Waals surface area contributed by atoms with Crippen LogP contribution in [0, 0.1) is 6.92 Å². The molecule has 0 aromatic carbocycles. The number of nitrogens with zero attached hydrogens (tertiary/aromatic N) is 1. The molecule has 6 heteroatoms. The van der Waals surface area contributed by atoms with E-state index in [4.69, 9.17) is 9.15 Å². The van der Waals surface area contributed by atoms with Crippen LogP contribution in [0.3, 0.4) is 0 Å². The fraction of sp³-hybridized carbons (Fsp3) is 0.625. The van der Waals surface area contributed by atoms with Gasteiger partial charge in [-0.05, 0) is 46.6 Å². The van der Waals surface area contributed by atoms with Crippen molar-refractivity contribution in [3.63, 3.8) is 0 Å². The number of carbonyl (C=O) groups excluding carboxylic acids is 2. The highest BCUT2D eigenvalue weighted by Gasteiger charge is 2.29. The predicted molar refractivity (Wildman–Crippen MR) is 81.7 cm³/mol. The van der Waals surface area contributed by atoms with Crippen molar-refractivity contribution in [2.75, 3.05) is 13.1 Å². The Morgan fingerprint density at radius 1 is 1.41 bits per heavy atom. The Kier molecular flexibility index (Phi) is 4.78. The zero-order chi connectivity index (χ0) is 16.3. The number of furan rings is 1. The topological polar surface area (TPSA) is 71.8 Å². The van der Waals surface area contributed by atoms with Crippen LogP contribution in [0.4, 0.5) is 4.79 Å². The summed E-state index contributed by atoms with van der Waals surface area (Å²) in [6, 6.07) is 1.67. The van der Waals surface area contributed by atoms with Crippen molar-refractivity contribution >= 4 is 12.0 Å². The lowest BCUT2D eigenvalue weighted by molar-refractivity contribution is 0.0185. The molecule has 1 aromatic heterocycles. The maximum absolute atomic E-state index is 12.2. The van der Waals surface area contributed by atoms with E-state index < -0.39 is 5.60 Å². The highest BCUT2D eigenvalue weighted by Crippen LogP contribution is 2.16. The number of ether oxygens (including phenoxy) is 1. The highest BCUT2D eigenvalue weighted by atomic mass is 16.6. The molecular formula is C16H24N2O4. The fourth-order valence-electron chi connectivity index (χ4n) is 2.44. The Hall–Kier alpha value is -1.98. The summed E-state index contributed by atoms with van der Waals surface area (Å²) in [6.45, 7) is 8.46. The van der Waals surface area contributed by atoms with Crippen LogP contribution < -0.4 is 5.32 Å². The third-order valence-corrected chi connectivity index (χ3v) is 3.48. The quantitative estimate of drug-likeness (QED) is 0.912. The maximum Gasteiger partial charge on any atom is 0.410 e. The number of rotatable bonds is 2. The molecule has 1 unspecified atom stereocenters. The average Bonchev–Trinajstić information content (AvgIpc) is 2.83. The minimum Gasteiger partial charge on any atom is -0.459 e. The molecule has 1 aromatic rings. The van der Waals surface area contributed by atoms with Crippen molar-refractivity contribution < 1.29 is 18.7 Å². The smallest absolute Gasteiger partial charge is 0.410 e. The summed E-state index contributed by atoms with van der Waals surface area (Å²) in [5.41, 5.74) is 0.288. The number of nitrogens with one attached hydrogen (secondary N) is 1. The van der Waals surface area contributed by atoms with Crippen molar-refractivity contribution in [2.45, 2.75) is 52.2 Å². The zero-order valence-corrected chi connectivity index (χ0v) is 13.6. The maximum atomic E-state index is 12.2. The molecule has 1 N–H and O–H groups in total. The number of carbonyl (C=O) groups is 2. The molecule has 0 spiro atoms. The molecule has 0 radical (unpaired) electrons. The van der Waals surface area contributed by atoms with Gasteiger partial charge in [0.05, 0.1) is 6.26 Å². The number of hydrogen-bond donors (Lipinski definition) is 1. The zero-order valence-electron chi connectivity index (χ0n) is 13.6. The van der Waals surface area contributed by atoms with Gasteiger partial charge in [0.15, 0.2) is 5.76 Å². The summed E-state index contributed by atoms with van der Waals surface area (Å²) < 4.78 is 10.6. The molecule has 122 valence electrons. The first-order valence-corrected chi connectivity index (χ1v) is 7.59. The van der Waals surface area contributed by atoms with E-state index in [-0.39, 0.29) is 18.0 Å². The second-order valence-electron chi connectivity index (χ2n) is 6.67. The first-order chi connectivity index (χ1) is 10.3. The molecule has 22 heavy (non-hydrogen) atoms. The van der Waals surface area contributed by atoms with Crippen LogP contribution in [0.1, 0.15) is 49.7 Å². The minimum atomic E-state index is -0.515. The van der Waals surface area contributed by atoms with E-state index >= 15 is 0 Å². The molecule has 1 aliphatic heterocycles. The highest BCUT2D eigenvalue weighted by molar-refractivity contribution is 5.93. The first-order valence-electron chi connectivity index (χ1n) is 7.59. The Morgan fingerprint density at radius 2 is 2.14 bits per heavy atom. The van der Waals surface area contributed by atoms with Crippen LogP contribution in [0.5, 0.6) is 0 Å². The van der Waals surface area contributed by atoms with Crippen molar-refractivity contribution in [1.82, 2.24) is 10.2 Å². The Labute approximate surface area is 130 Å². The molecule has 1 fully saturated rings. The van der Waals surface area contributed by atoms with E-state index in [2.05, 4.69) is 5.32 Å². The third-order valence-electron chi connectivity index (χ3n) is 3.48. The van der Waals surface area contributed by atoms with Crippen LogP contribution in [-0.4, -0.2) is 41.6 Å². The van der Waals surface area contributed by atoms with Gasteiger partial charge in [-0.3, -0.25) is 4.79 Å². The molecule has 0 aliphatic carbocycles. The second-order valence-corrected chi connectivity index (χ2v) is 6.67. The van der Waals surface area contributed by atoms with Crippen molar-refractivity contribution in [3.8, 4) is 0 Å². The summed E-state index contributed by atoms with van der Waals surface area (Å²) in [6.07, 6.45) is 2.84. The number of piperidine rings is 1. The van der Waals surface area contributed by atoms with Gasteiger partial charge in [0.1, 0.15) is 5.60 Å². The van der Waals surface area contributed by atoms with Gasteiger partial charge in [0.2, 0.25) is 0 Å². The van der Waals surface area contributed by atoms with Crippen LogP contribution in [0.15, 0.2) is 16.7 Å². The van der Waals surface area contributed by atoms with E-state index in [9.17, 15) is 9.59 Å². The lowest BCUT2D eigenvalue weighted by Gasteiger charge is -2.34. The lowest BCUT2D eigenvalue weighted by atomic mass is 10.1. The largest absolute Gasteiger partial charge is 0.459 e. The predicted octanol–water partition coefficient (Wildman–Crippen LogP) is 2.72. The summed E-state index contributed by atoms with van der Waals surface area (Å²) in [4.78, 5) is 25.9. The van der Waals surface area contributed by atoms with Gasteiger partial charge < -0.3 is 19.4 Å². The van der Waals surface area contributed by atoms with Gasteiger partial charge in [-0.25, -0.2) is 4.79 Å². The minimum absolute atomic E-state index is 0.0849. The summed E-state index contributed by atoms with van der Waals surface area (Å²) >= 11 is 0. The van der Waals surface area contributed by atoms with E-state index in [0.29, 0.717) is 18.8 Å². The van der Waals surface area contributed by atoms with E-state index in [0.717, 1.165) is 18.4 Å². The molecule has 1 aliphatic rings. The summed E-state index contributed by atoms with van der Waals surface area (Å²) in [5, 5.41) is 2.93. The van der Waals surface area contributed by atoms with Crippen LogP contribution in [0.25, 0.3) is 0 Å². The molecule has 1 saturated heterocycles. The first kappa shape index (κ1) is 16.4. The van der Waals surface area contributed by atoms with Gasteiger partial charge in [0, 0.05) is 24.7 Å². The Balaban J connectivity index is 1.92. The molecule has 2 heterocycles. The van der Waals surface area contributed by atoms with Gasteiger partial charge in [-0.1, -0.05) is 0 Å². The average molecular weight is 308 g/mol. The van der Waals surface area contributed by atoms with Gasteiger partial charge in [-0.2, -0.15) is 0 Å². The molecule has 2 rings (SSSR count). The van der Waals surface area contributed by atoms with E-state index in [1.165, 1.54) is 6.26 Å². The van der Waals surface area contributed by atoms with E-state index in [1.807, 2.05) is 27.7 Å². The number of aryl methyl sites for hydroxylation is 1. The van der Waals surface area contributed by atoms with Gasteiger partial charge >= 0.3 is 6.09 Å². The monoisotopic (exact) mass is 308 g/mol. The number of hydrogen-bond acceptors (Lipinski definition) is 4. The SMILES string of the molecule is Cc1ccoc1C(=O)NC1CCCN(C(=O)OC(C)(C)C)C1. The third kappa shape index (κ3) is 4.26. The van der Waals surface area contributed by atoms with Gasteiger partial charge in [0.25, 0.3) is 5.91 Å². The van der Waals surface area contributed by atoms with E-state index in [1.54, 1.807) is 11.0 Å². The standard InChI is InChI=1S/C16H24N2O4/c1-11-7-9-21-13(11)14(19)17-12-6-5-8-18(10-12)15(20)22-16(2,3)4/h7,9,12H,5-6,8,10H2,1-4H3,(H,17,19). The van der Waals surface area contributed by atoms with Gasteiger partial charge in [-0.15, -0.1) is 0 Å². The summed E-state index contributed by atoms with van der Waals surface area (Å²) in [5.74, 6) is 0.0907. The van der Waals surface area contributed by atoms with Crippen LogP contribution >= 0.6 is 0 Å². The molecule has 1 atom stereocenters. The van der Waals surface area contributed by atoms with Crippen molar-refractivity contribution in [1.29, 1.82) is 0 Å². The van der Waals surface area contributed by atoms with Crippen molar-refractivity contribution in [3.05, 3.63) is 23.7 Å². The van der Waals surface area contributed by atoms with Crippen LogP contribution in [0.2, 0.25) is 0 Å². The fourth-order valence-corrected chi connectivity index (χ4v) is 2.44. The summed E-state index contributed by atoms with van der Waals surface area (Å²) in [7, 11) is 0. The second kappa shape index (κ2) is 6.42. The Morgan fingerprint density at radius 3 is 2.73 bits per heavy atom. The molecule has 0 saturated carbocycles. The molecule has 6 nitrogen and oxygen atoms in total. The molecule has 0 bridgehead atoms. The van der Waals surface area contributed by atoms with Crippen molar-refractivity contribution in [2.24, 2.45) is 0 Å². The Bertz CT molecular complexity index is 545. The normalized spacial score (nSPS) is 18.9. The molecular weight excluding hydrogens is 284 g/mol. The number of likely N-dealkylation sites (tertiary alicyclic amines) is 1.